The molecular formula is C15H14FN3O2. The van der Waals surface area contributed by atoms with Crippen LogP contribution >= 0.6 is 0 Å². The van der Waals surface area contributed by atoms with E-state index in [1.807, 2.05) is 6.92 Å². The van der Waals surface area contributed by atoms with E-state index in [2.05, 4.69) is 15.5 Å². The summed E-state index contributed by atoms with van der Waals surface area (Å²) in [6.45, 7) is 3.57. The Morgan fingerprint density at radius 1 is 1.48 bits per heavy atom. The summed E-state index contributed by atoms with van der Waals surface area (Å²) >= 11 is 0. The van der Waals surface area contributed by atoms with Crippen molar-refractivity contribution in [3.8, 4) is 0 Å². The molecule has 2 N–H and O–H groups in total. The number of nitrogens with one attached hydrogen (secondary N) is 2. The van der Waals surface area contributed by atoms with Crippen molar-refractivity contribution in [2.24, 2.45) is 0 Å². The number of amides is 1. The number of carbonyl (C=O) groups is 1. The molecule has 0 aliphatic heterocycles. The summed E-state index contributed by atoms with van der Waals surface area (Å²) in [4.78, 5) is 12.3. The highest BCUT2D eigenvalue weighted by Gasteiger charge is 2.21. The van der Waals surface area contributed by atoms with Gasteiger partial charge in [0.2, 0.25) is 0 Å². The highest BCUT2D eigenvalue weighted by molar-refractivity contribution is 5.99. The number of aryl methyl sites for hydroxylation is 1. The van der Waals surface area contributed by atoms with Gasteiger partial charge in [0, 0.05) is 22.7 Å². The van der Waals surface area contributed by atoms with Gasteiger partial charge in [0.05, 0.1) is 12.2 Å². The summed E-state index contributed by atoms with van der Waals surface area (Å²) in [5.41, 5.74) is 1.58. The fraction of sp³-hybridized carbons (Fsp3) is 0.200. The number of rotatable bonds is 3. The Morgan fingerprint density at radius 3 is 2.95 bits per heavy atom. The van der Waals surface area contributed by atoms with E-state index >= 15 is 0 Å². The monoisotopic (exact) mass is 287 g/mol. The lowest BCUT2D eigenvalue weighted by Gasteiger charge is -2.10. The molecule has 0 aliphatic rings. The second-order valence-corrected chi connectivity index (χ2v) is 4.90. The molecule has 1 aromatic carbocycles. The standard InChI is InChI=1S/C15H14FN3O2/c1-8-11-4-3-5-12(16)14(11)21-13(8)15(20)19-9(2)10-6-17-18-7-10/h3-7,9H,1-2H3,(H,17,18)(H,19,20). The van der Waals surface area contributed by atoms with E-state index in [9.17, 15) is 9.18 Å². The summed E-state index contributed by atoms with van der Waals surface area (Å²) < 4.78 is 19.1. The van der Waals surface area contributed by atoms with Crippen LogP contribution in [-0.4, -0.2) is 16.1 Å². The number of para-hydroxylation sites is 1. The quantitative estimate of drug-likeness (QED) is 0.777. The maximum absolute atomic E-state index is 13.7. The lowest BCUT2D eigenvalue weighted by Crippen LogP contribution is -2.26. The number of H-pyrrole nitrogens is 1. The number of fused-ring (bicyclic) bond motifs is 1. The molecule has 0 bridgehead atoms. The number of nitrogens with zero attached hydrogens (tertiary/aromatic N) is 1. The predicted octanol–water partition coefficient (Wildman–Crippen LogP) is 3.09. The highest BCUT2D eigenvalue weighted by Crippen LogP contribution is 2.27. The Balaban J connectivity index is 1.91. The Labute approximate surface area is 120 Å². The minimum absolute atomic E-state index is 0.108. The van der Waals surface area contributed by atoms with Crippen molar-refractivity contribution >= 4 is 16.9 Å². The van der Waals surface area contributed by atoms with Crippen molar-refractivity contribution in [3.05, 3.63) is 53.3 Å². The zero-order chi connectivity index (χ0) is 15.0. The molecule has 0 radical (unpaired) electrons. The van der Waals surface area contributed by atoms with Gasteiger partial charge in [-0.15, -0.1) is 0 Å². The molecule has 0 fully saturated rings. The summed E-state index contributed by atoms with van der Waals surface area (Å²) in [6, 6.07) is 4.40. The van der Waals surface area contributed by atoms with E-state index in [4.69, 9.17) is 4.42 Å². The maximum atomic E-state index is 13.7. The third kappa shape index (κ3) is 2.29. The maximum Gasteiger partial charge on any atom is 0.287 e. The van der Waals surface area contributed by atoms with Crippen molar-refractivity contribution in [3.63, 3.8) is 0 Å². The van der Waals surface area contributed by atoms with Crippen LogP contribution in [0, 0.1) is 12.7 Å². The topological polar surface area (TPSA) is 70.9 Å². The first-order valence-electron chi connectivity index (χ1n) is 6.55. The normalized spacial score (nSPS) is 12.5. The largest absolute Gasteiger partial charge is 0.448 e. The minimum Gasteiger partial charge on any atom is -0.448 e. The molecule has 21 heavy (non-hydrogen) atoms. The Morgan fingerprint density at radius 2 is 2.29 bits per heavy atom. The van der Waals surface area contributed by atoms with E-state index in [0.29, 0.717) is 10.9 Å². The second-order valence-electron chi connectivity index (χ2n) is 4.90. The van der Waals surface area contributed by atoms with Gasteiger partial charge >= 0.3 is 0 Å². The first kappa shape index (κ1) is 13.4. The van der Waals surface area contributed by atoms with Crippen LogP contribution in [0.4, 0.5) is 4.39 Å². The molecule has 2 heterocycles. The van der Waals surface area contributed by atoms with E-state index < -0.39 is 5.82 Å². The predicted molar refractivity (Wildman–Crippen MR) is 75.4 cm³/mol. The van der Waals surface area contributed by atoms with Crippen molar-refractivity contribution < 1.29 is 13.6 Å². The van der Waals surface area contributed by atoms with Crippen LogP contribution in [0.15, 0.2) is 35.0 Å². The van der Waals surface area contributed by atoms with E-state index in [1.165, 1.54) is 6.07 Å². The summed E-state index contributed by atoms with van der Waals surface area (Å²) in [6.07, 6.45) is 3.34. The van der Waals surface area contributed by atoms with Gasteiger partial charge in [-0.1, -0.05) is 12.1 Å². The zero-order valence-corrected chi connectivity index (χ0v) is 11.6. The molecule has 0 saturated heterocycles. The third-order valence-electron chi connectivity index (χ3n) is 3.49. The molecule has 1 unspecified atom stereocenters. The summed E-state index contributed by atoms with van der Waals surface area (Å²) in [5.74, 6) is -0.722. The molecule has 108 valence electrons. The van der Waals surface area contributed by atoms with Crippen LogP contribution in [0.25, 0.3) is 11.0 Å². The Kier molecular flexibility index (Phi) is 3.21. The lowest BCUT2D eigenvalue weighted by molar-refractivity contribution is 0.0913. The number of hydrogen-bond acceptors (Lipinski definition) is 3. The highest BCUT2D eigenvalue weighted by atomic mass is 19.1. The van der Waals surface area contributed by atoms with Crippen LogP contribution in [0.2, 0.25) is 0 Å². The van der Waals surface area contributed by atoms with Gasteiger partial charge in [0.15, 0.2) is 17.2 Å². The first-order valence-corrected chi connectivity index (χ1v) is 6.55. The molecule has 0 saturated carbocycles. The molecule has 3 aromatic rings. The number of halogens is 1. The van der Waals surface area contributed by atoms with Crippen LogP contribution in [-0.2, 0) is 0 Å². The molecule has 1 amide bonds. The molecule has 1 atom stereocenters. The van der Waals surface area contributed by atoms with Crippen molar-refractivity contribution in [1.29, 1.82) is 0 Å². The van der Waals surface area contributed by atoms with Gasteiger partial charge in [-0.25, -0.2) is 4.39 Å². The van der Waals surface area contributed by atoms with Gasteiger partial charge in [0.1, 0.15) is 0 Å². The molecule has 0 spiro atoms. The Bertz CT molecular complexity index is 793. The van der Waals surface area contributed by atoms with Gasteiger partial charge in [-0.3, -0.25) is 9.89 Å². The number of benzene rings is 1. The molecule has 0 aliphatic carbocycles. The van der Waals surface area contributed by atoms with Gasteiger partial charge < -0.3 is 9.73 Å². The van der Waals surface area contributed by atoms with E-state index in [0.717, 1.165) is 5.56 Å². The average molecular weight is 287 g/mol. The number of furan rings is 1. The fourth-order valence-corrected chi connectivity index (χ4v) is 2.27. The van der Waals surface area contributed by atoms with Crippen LogP contribution in [0.1, 0.15) is 34.6 Å². The van der Waals surface area contributed by atoms with Gasteiger partial charge in [0.25, 0.3) is 5.91 Å². The molecule has 3 rings (SSSR count). The molecular weight excluding hydrogens is 273 g/mol. The minimum atomic E-state index is -0.475. The van der Waals surface area contributed by atoms with E-state index in [1.54, 1.807) is 31.5 Å². The lowest BCUT2D eigenvalue weighted by atomic mass is 10.1. The van der Waals surface area contributed by atoms with Crippen LogP contribution in [0.3, 0.4) is 0 Å². The van der Waals surface area contributed by atoms with Gasteiger partial charge in [-0.05, 0) is 19.9 Å². The van der Waals surface area contributed by atoms with Gasteiger partial charge in [-0.2, -0.15) is 5.10 Å². The number of aromatic nitrogens is 2. The zero-order valence-electron chi connectivity index (χ0n) is 11.6. The fourth-order valence-electron chi connectivity index (χ4n) is 2.27. The van der Waals surface area contributed by atoms with Crippen LogP contribution < -0.4 is 5.32 Å². The number of hydrogen-bond donors (Lipinski definition) is 2. The Hall–Kier alpha value is -2.63. The first-order chi connectivity index (χ1) is 10.1. The van der Waals surface area contributed by atoms with Crippen molar-refractivity contribution in [1.82, 2.24) is 15.5 Å². The summed E-state index contributed by atoms with van der Waals surface area (Å²) in [5, 5.41) is 9.94. The van der Waals surface area contributed by atoms with Crippen LogP contribution in [0.5, 0.6) is 0 Å². The van der Waals surface area contributed by atoms with E-state index in [-0.39, 0.29) is 23.3 Å². The number of aromatic amines is 1. The molecule has 5 nitrogen and oxygen atoms in total. The molecule has 2 aromatic heterocycles. The third-order valence-corrected chi connectivity index (χ3v) is 3.49. The summed E-state index contributed by atoms with van der Waals surface area (Å²) in [7, 11) is 0. The average Bonchev–Trinajstić information content (AvgIpc) is 3.08. The SMILES string of the molecule is Cc1c(C(=O)NC(C)c2cn[nH]c2)oc2c(F)cccc12. The second kappa shape index (κ2) is 5.05. The van der Waals surface area contributed by atoms with Crippen molar-refractivity contribution in [2.75, 3.05) is 0 Å². The van der Waals surface area contributed by atoms with Crippen molar-refractivity contribution in [2.45, 2.75) is 19.9 Å². The number of carbonyl (C=O) groups excluding carboxylic acids is 1. The molecule has 6 heteroatoms. The smallest absolute Gasteiger partial charge is 0.287 e.